The molecule has 4 nitrogen and oxygen atoms in total. The van der Waals surface area contributed by atoms with E-state index in [2.05, 4.69) is 32.0 Å². The predicted octanol–water partition coefficient (Wildman–Crippen LogP) is 2.75. The quantitative estimate of drug-likeness (QED) is 0.832. The molecular formula is C16H16BrFN2O2S. The predicted molar refractivity (Wildman–Crippen MR) is 90.2 cm³/mol. The summed E-state index contributed by atoms with van der Waals surface area (Å²) in [6.45, 7) is 1.05. The summed E-state index contributed by atoms with van der Waals surface area (Å²) in [5.41, 5.74) is 2.35. The van der Waals surface area contributed by atoms with E-state index in [9.17, 15) is 12.8 Å². The van der Waals surface area contributed by atoms with Gasteiger partial charge in [0.1, 0.15) is 5.82 Å². The second kappa shape index (κ2) is 6.68. The first-order chi connectivity index (χ1) is 11.0. The highest BCUT2D eigenvalue weighted by atomic mass is 79.9. The van der Waals surface area contributed by atoms with E-state index in [0.717, 1.165) is 30.7 Å². The van der Waals surface area contributed by atoms with Crippen LogP contribution in [0.3, 0.4) is 0 Å². The second-order valence-corrected chi connectivity index (χ2v) is 7.97. The number of hydrogen-bond donors (Lipinski definition) is 2. The van der Waals surface area contributed by atoms with Crippen molar-refractivity contribution < 1.29 is 12.8 Å². The van der Waals surface area contributed by atoms with Gasteiger partial charge in [-0.05, 0) is 58.2 Å². The van der Waals surface area contributed by atoms with Crippen LogP contribution in [0, 0.1) is 5.82 Å². The maximum absolute atomic E-state index is 13.1. The van der Waals surface area contributed by atoms with Crippen LogP contribution < -0.4 is 10.0 Å². The summed E-state index contributed by atoms with van der Waals surface area (Å²) in [4.78, 5) is 0.0306. The van der Waals surface area contributed by atoms with Crippen molar-refractivity contribution in [2.24, 2.45) is 0 Å². The molecule has 0 bridgehead atoms. The molecule has 1 unspecified atom stereocenters. The van der Waals surface area contributed by atoms with Gasteiger partial charge >= 0.3 is 0 Å². The molecule has 122 valence electrons. The lowest BCUT2D eigenvalue weighted by atomic mass is 9.95. The lowest BCUT2D eigenvalue weighted by Gasteiger charge is -2.27. The summed E-state index contributed by atoms with van der Waals surface area (Å²) in [5, 5.41) is 3.32. The molecule has 1 aliphatic heterocycles. The number of sulfonamides is 1. The summed E-state index contributed by atoms with van der Waals surface area (Å²) in [5.74, 6) is -0.487. The summed E-state index contributed by atoms with van der Waals surface area (Å²) >= 11 is 3.10. The molecule has 0 aromatic heterocycles. The monoisotopic (exact) mass is 398 g/mol. The number of benzene rings is 2. The molecule has 0 radical (unpaired) electrons. The van der Waals surface area contributed by atoms with Crippen LogP contribution in [-0.2, 0) is 16.4 Å². The highest BCUT2D eigenvalue weighted by Crippen LogP contribution is 2.25. The summed E-state index contributed by atoms with van der Waals surface area (Å²) < 4.78 is 40.8. The molecule has 1 heterocycles. The number of fused-ring (bicyclic) bond motifs is 1. The third kappa shape index (κ3) is 3.63. The molecule has 2 aromatic carbocycles. The first-order valence-electron chi connectivity index (χ1n) is 7.23. The highest BCUT2D eigenvalue weighted by molar-refractivity contribution is 9.10. The number of hydrogen-bond acceptors (Lipinski definition) is 3. The number of nitrogens with one attached hydrogen (secondary N) is 2. The molecule has 0 saturated heterocycles. The van der Waals surface area contributed by atoms with E-state index in [4.69, 9.17) is 0 Å². The van der Waals surface area contributed by atoms with Crippen LogP contribution in [0.15, 0.2) is 51.8 Å². The Morgan fingerprint density at radius 3 is 2.83 bits per heavy atom. The van der Waals surface area contributed by atoms with Gasteiger partial charge in [-0.2, -0.15) is 0 Å². The number of rotatable bonds is 4. The minimum Gasteiger partial charge on any atom is -0.308 e. The summed E-state index contributed by atoms with van der Waals surface area (Å²) in [7, 11) is -3.71. The van der Waals surface area contributed by atoms with Gasteiger partial charge in [0.15, 0.2) is 0 Å². The van der Waals surface area contributed by atoms with Crippen molar-refractivity contribution in [1.29, 1.82) is 0 Å². The molecule has 2 N–H and O–H groups in total. The highest BCUT2D eigenvalue weighted by Gasteiger charge is 2.23. The maximum atomic E-state index is 13.1. The average molecular weight is 399 g/mol. The molecule has 7 heteroatoms. The van der Waals surface area contributed by atoms with Crippen LogP contribution in [0.4, 0.5) is 4.39 Å². The van der Waals surface area contributed by atoms with E-state index in [-0.39, 0.29) is 22.0 Å². The Kier molecular flexibility index (Phi) is 4.82. The Hall–Kier alpha value is -1.28. The normalized spacial score (nSPS) is 17.7. The molecular weight excluding hydrogens is 383 g/mol. The zero-order chi connectivity index (χ0) is 16.4. The first-order valence-corrected chi connectivity index (χ1v) is 9.51. The average Bonchev–Trinajstić information content (AvgIpc) is 2.52. The molecule has 0 fully saturated rings. The van der Waals surface area contributed by atoms with Gasteiger partial charge in [0.05, 0.1) is 4.90 Å². The fourth-order valence-corrected chi connectivity index (χ4v) is 4.83. The van der Waals surface area contributed by atoms with E-state index in [1.807, 2.05) is 18.2 Å². The van der Waals surface area contributed by atoms with Crippen LogP contribution in [0.5, 0.6) is 0 Å². The van der Waals surface area contributed by atoms with Gasteiger partial charge in [-0.3, -0.25) is 0 Å². The van der Waals surface area contributed by atoms with Crippen molar-refractivity contribution in [2.75, 3.05) is 13.1 Å². The molecule has 0 saturated carbocycles. The topological polar surface area (TPSA) is 58.2 Å². The molecule has 3 rings (SSSR count). The Morgan fingerprint density at radius 2 is 2.04 bits per heavy atom. The van der Waals surface area contributed by atoms with E-state index in [1.165, 1.54) is 11.6 Å². The van der Waals surface area contributed by atoms with E-state index < -0.39 is 15.8 Å². The third-order valence-corrected chi connectivity index (χ3v) is 6.28. The molecule has 23 heavy (non-hydrogen) atoms. The molecule has 2 aromatic rings. The van der Waals surface area contributed by atoms with Crippen LogP contribution in [0.25, 0.3) is 0 Å². The largest absolute Gasteiger partial charge is 0.308 e. The Morgan fingerprint density at radius 1 is 1.26 bits per heavy atom. The lowest BCUT2D eigenvalue weighted by Crippen LogP contribution is -2.38. The van der Waals surface area contributed by atoms with Crippen LogP contribution in [-0.4, -0.2) is 21.5 Å². The van der Waals surface area contributed by atoms with Crippen molar-refractivity contribution >= 4 is 26.0 Å². The van der Waals surface area contributed by atoms with Gasteiger partial charge < -0.3 is 5.32 Å². The Labute approximate surface area is 143 Å². The third-order valence-electron chi connectivity index (χ3n) is 3.88. The van der Waals surface area contributed by atoms with Crippen molar-refractivity contribution in [3.05, 3.63) is 63.9 Å². The molecule has 1 atom stereocenters. The Balaban J connectivity index is 1.78. The van der Waals surface area contributed by atoms with Gasteiger partial charge in [-0.25, -0.2) is 17.5 Å². The molecule has 0 amide bonds. The van der Waals surface area contributed by atoms with Crippen molar-refractivity contribution in [3.8, 4) is 0 Å². The van der Waals surface area contributed by atoms with Crippen molar-refractivity contribution in [2.45, 2.75) is 17.4 Å². The lowest BCUT2D eigenvalue weighted by molar-refractivity contribution is 0.491. The zero-order valence-electron chi connectivity index (χ0n) is 12.2. The van der Waals surface area contributed by atoms with Gasteiger partial charge in [0, 0.05) is 17.1 Å². The van der Waals surface area contributed by atoms with Gasteiger partial charge in [-0.15, -0.1) is 0 Å². The maximum Gasteiger partial charge on any atom is 0.241 e. The summed E-state index contributed by atoms with van der Waals surface area (Å²) in [6.07, 6.45) is 0.933. The zero-order valence-corrected chi connectivity index (χ0v) is 14.6. The van der Waals surface area contributed by atoms with Gasteiger partial charge in [-0.1, -0.05) is 24.3 Å². The Bertz CT molecular complexity index is 827. The van der Waals surface area contributed by atoms with Crippen LogP contribution in [0.2, 0.25) is 0 Å². The fourth-order valence-electron chi connectivity index (χ4n) is 2.74. The summed E-state index contributed by atoms with van der Waals surface area (Å²) in [6, 6.07) is 11.5. The van der Waals surface area contributed by atoms with E-state index in [1.54, 1.807) is 0 Å². The second-order valence-electron chi connectivity index (χ2n) is 5.38. The number of halogens is 2. The first kappa shape index (κ1) is 16.6. The van der Waals surface area contributed by atoms with E-state index in [0.29, 0.717) is 0 Å². The van der Waals surface area contributed by atoms with Crippen LogP contribution >= 0.6 is 15.9 Å². The minimum atomic E-state index is -3.71. The molecule has 0 spiro atoms. The standard InChI is InChI=1S/C16H16BrFN2O2S/c17-14-9-12(18)5-6-16(14)23(21,22)20-10-15-13-4-2-1-3-11(13)7-8-19-15/h1-6,9,15,19-20H,7-8,10H2. The molecule has 1 aliphatic rings. The van der Waals surface area contributed by atoms with Crippen LogP contribution in [0.1, 0.15) is 17.2 Å². The van der Waals surface area contributed by atoms with Gasteiger partial charge in [0.25, 0.3) is 0 Å². The van der Waals surface area contributed by atoms with Crippen molar-refractivity contribution in [1.82, 2.24) is 10.0 Å². The fraction of sp³-hybridized carbons (Fsp3) is 0.250. The van der Waals surface area contributed by atoms with E-state index >= 15 is 0 Å². The smallest absolute Gasteiger partial charge is 0.241 e. The minimum absolute atomic E-state index is 0.0306. The van der Waals surface area contributed by atoms with Crippen molar-refractivity contribution in [3.63, 3.8) is 0 Å². The van der Waals surface area contributed by atoms with Gasteiger partial charge in [0.2, 0.25) is 10.0 Å². The SMILES string of the molecule is O=S(=O)(NCC1NCCc2ccccc21)c1ccc(F)cc1Br. The molecule has 0 aliphatic carbocycles.